The number of anilines is 1. The number of carboxylic acid groups (broad SMARTS) is 1. The molecule has 0 aliphatic heterocycles. The molecule has 1 saturated carbocycles. The van der Waals surface area contributed by atoms with E-state index in [0.717, 1.165) is 31.2 Å². The summed E-state index contributed by atoms with van der Waals surface area (Å²) in [6, 6.07) is 12.4. The van der Waals surface area contributed by atoms with Gasteiger partial charge in [-0.2, -0.15) is 0 Å². The molecule has 2 aromatic carbocycles. The predicted molar refractivity (Wildman–Crippen MR) is 106 cm³/mol. The number of carbonyl (C=O) groups excluding carboxylic acids is 1. The first-order valence-corrected chi connectivity index (χ1v) is 9.31. The van der Waals surface area contributed by atoms with Crippen molar-refractivity contribution in [2.75, 3.05) is 19.5 Å². The number of carboxylic acids is 1. The molecule has 1 aliphatic carbocycles. The van der Waals surface area contributed by atoms with Gasteiger partial charge < -0.3 is 19.9 Å². The van der Waals surface area contributed by atoms with Gasteiger partial charge in [0.05, 0.1) is 24.7 Å². The van der Waals surface area contributed by atoms with Gasteiger partial charge in [-0.3, -0.25) is 4.79 Å². The van der Waals surface area contributed by atoms with E-state index in [1.807, 2.05) is 24.3 Å². The summed E-state index contributed by atoms with van der Waals surface area (Å²) in [6.45, 7) is 0.269. The molecule has 28 heavy (non-hydrogen) atoms. The Bertz CT molecular complexity index is 871. The molecule has 0 aromatic heterocycles. The van der Waals surface area contributed by atoms with Gasteiger partial charge in [0.15, 0.2) is 0 Å². The Morgan fingerprint density at radius 2 is 1.86 bits per heavy atom. The third-order valence-corrected chi connectivity index (χ3v) is 5.32. The number of rotatable bonds is 7. The first-order chi connectivity index (χ1) is 13.5. The van der Waals surface area contributed by atoms with Crippen LogP contribution >= 0.6 is 0 Å². The van der Waals surface area contributed by atoms with Crippen molar-refractivity contribution in [2.24, 2.45) is 0 Å². The van der Waals surface area contributed by atoms with Gasteiger partial charge in [0.1, 0.15) is 5.75 Å². The zero-order valence-corrected chi connectivity index (χ0v) is 16.2. The van der Waals surface area contributed by atoms with Crippen molar-refractivity contribution in [2.45, 2.75) is 37.7 Å². The topological polar surface area (TPSA) is 84.9 Å². The third kappa shape index (κ3) is 4.02. The molecule has 0 saturated heterocycles. The van der Waals surface area contributed by atoms with Crippen LogP contribution in [0.15, 0.2) is 42.5 Å². The second kappa shape index (κ2) is 8.44. The Kier molecular flexibility index (Phi) is 5.99. The van der Waals surface area contributed by atoms with Crippen LogP contribution in [0, 0.1) is 0 Å². The Labute approximate surface area is 164 Å². The summed E-state index contributed by atoms with van der Waals surface area (Å²) in [5.74, 6) is -0.451. The number of nitrogens with one attached hydrogen (secondary N) is 1. The first-order valence-electron chi connectivity index (χ1n) is 9.31. The molecule has 1 amide bonds. The highest BCUT2D eigenvalue weighted by Crippen LogP contribution is 2.43. The number of aromatic carboxylic acids is 1. The molecule has 0 unspecified atom stereocenters. The molecule has 1 fully saturated rings. The van der Waals surface area contributed by atoms with Crippen molar-refractivity contribution >= 4 is 17.6 Å². The van der Waals surface area contributed by atoms with E-state index in [-0.39, 0.29) is 18.1 Å². The molecule has 0 heterocycles. The van der Waals surface area contributed by atoms with Gasteiger partial charge in [-0.25, -0.2) is 4.79 Å². The van der Waals surface area contributed by atoms with E-state index in [2.05, 4.69) is 5.32 Å². The molecule has 148 valence electrons. The maximum absolute atomic E-state index is 13.4. The SMILES string of the molecule is COCc1cc(NC(=O)C2(c3cccc(OC)c3)CCCC2)cc(C(=O)O)c1. The van der Waals surface area contributed by atoms with Crippen molar-refractivity contribution in [3.05, 3.63) is 59.2 Å². The second-order valence-electron chi connectivity index (χ2n) is 7.13. The average Bonchev–Trinajstić information content (AvgIpc) is 3.19. The number of benzene rings is 2. The predicted octanol–water partition coefficient (Wildman–Crippen LogP) is 3.99. The van der Waals surface area contributed by atoms with Crippen LogP contribution in [0.1, 0.15) is 47.2 Å². The number of hydrogen-bond acceptors (Lipinski definition) is 4. The van der Waals surface area contributed by atoms with Crippen LogP contribution in [-0.4, -0.2) is 31.2 Å². The molecular weight excluding hydrogens is 358 g/mol. The largest absolute Gasteiger partial charge is 0.497 e. The van der Waals surface area contributed by atoms with E-state index >= 15 is 0 Å². The summed E-state index contributed by atoms with van der Waals surface area (Å²) in [4.78, 5) is 24.8. The van der Waals surface area contributed by atoms with E-state index in [4.69, 9.17) is 9.47 Å². The fourth-order valence-electron chi connectivity index (χ4n) is 3.93. The van der Waals surface area contributed by atoms with E-state index in [0.29, 0.717) is 17.0 Å². The minimum absolute atomic E-state index is 0.117. The van der Waals surface area contributed by atoms with Gasteiger partial charge in [-0.1, -0.05) is 25.0 Å². The highest BCUT2D eigenvalue weighted by Gasteiger charge is 2.43. The Hall–Kier alpha value is -2.86. The zero-order chi connectivity index (χ0) is 20.1. The molecule has 0 spiro atoms. The minimum atomic E-state index is -1.04. The molecule has 6 nitrogen and oxygen atoms in total. The summed E-state index contributed by atoms with van der Waals surface area (Å²) in [6.07, 6.45) is 3.43. The van der Waals surface area contributed by atoms with Gasteiger partial charge in [0, 0.05) is 12.8 Å². The lowest BCUT2D eigenvalue weighted by Crippen LogP contribution is -2.38. The molecule has 3 rings (SSSR count). The highest BCUT2D eigenvalue weighted by molar-refractivity contribution is 6.00. The van der Waals surface area contributed by atoms with Gasteiger partial charge in [0.2, 0.25) is 5.91 Å². The summed E-state index contributed by atoms with van der Waals surface area (Å²) < 4.78 is 10.4. The van der Waals surface area contributed by atoms with Crippen LogP contribution in [0.5, 0.6) is 5.75 Å². The fraction of sp³-hybridized carbons (Fsp3) is 0.364. The summed E-state index contributed by atoms with van der Waals surface area (Å²) in [7, 11) is 3.15. The molecular formula is C22H25NO5. The quantitative estimate of drug-likeness (QED) is 0.755. The monoisotopic (exact) mass is 383 g/mol. The van der Waals surface area contributed by atoms with Crippen LogP contribution in [0.2, 0.25) is 0 Å². The molecule has 0 radical (unpaired) electrons. The summed E-state index contributed by atoms with van der Waals surface area (Å²) in [5.41, 5.74) is 1.56. The van der Waals surface area contributed by atoms with Crippen LogP contribution in [0.3, 0.4) is 0 Å². The Morgan fingerprint density at radius 1 is 1.11 bits per heavy atom. The van der Waals surface area contributed by atoms with E-state index in [1.165, 1.54) is 6.07 Å². The number of ether oxygens (including phenoxy) is 2. The van der Waals surface area contributed by atoms with Crippen LogP contribution in [0.4, 0.5) is 5.69 Å². The number of methoxy groups -OCH3 is 2. The van der Waals surface area contributed by atoms with Crippen molar-refractivity contribution in [3.8, 4) is 5.75 Å². The molecule has 0 bridgehead atoms. The van der Waals surface area contributed by atoms with E-state index < -0.39 is 11.4 Å². The standard InChI is InChI=1S/C22H25NO5/c1-27-14-15-10-16(20(24)25)12-18(11-15)23-21(26)22(8-3-4-9-22)17-6-5-7-19(13-17)28-2/h5-7,10-13H,3-4,8-9,14H2,1-2H3,(H,23,26)(H,24,25). The Morgan fingerprint density at radius 3 is 2.50 bits per heavy atom. The maximum atomic E-state index is 13.4. The number of hydrogen-bond donors (Lipinski definition) is 2. The molecule has 2 N–H and O–H groups in total. The third-order valence-electron chi connectivity index (χ3n) is 5.32. The molecule has 0 atom stereocenters. The van der Waals surface area contributed by atoms with Gasteiger partial charge in [0.25, 0.3) is 0 Å². The molecule has 1 aliphatic rings. The van der Waals surface area contributed by atoms with Crippen molar-refractivity contribution in [1.29, 1.82) is 0 Å². The minimum Gasteiger partial charge on any atom is -0.497 e. The lowest BCUT2D eigenvalue weighted by Gasteiger charge is -2.29. The van der Waals surface area contributed by atoms with Crippen LogP contribution < -0.4 is 10.1 Å². The number of amides is 1. The summed E-state index contributed by atoms with van der Waals surface area (Å²) >= 11 is 0. The molecule has 6 heteroatoms. The van der Waals surface area contributed by atoms with E-state index in [1.54, 1.807) is 26.4 Å². The lowest BCUT2D eigenvalue weighted by molar-refractivity contribution is -0.121. The first kappa shape index (κ1) is 19.9. The highest BCUT2D eigenvalue weighted by atomic mass is 16.5. The second-order valence-corrected chi connectivity index (χ2v) is 7.13. The van der Waals surface area contributed by atoms with E-state index in [9.17, 15) is 14.7 Å². The van der Waals surface area contributed by atoms with Gasteiger partial charge in [-0.05, 0) is 54.3 Å². The maximum Gasteiger partial charge on any atom is 0.335 e. The zero-order valence-electron chi connectivity index (χ0n) is 16.2. The normalized spacial score (nSPS) is 15.2. The van der Waals surface area contributed by atoms with Crippen molar-refractivity contribution in [1.82, 2.24) is 0 Å². The van der Waals surface area contributed by atoms with Gasteiger partial charge >= 0.3 is 5.97 Å². The lowest BCUT2D eigenvalue weighted by atomic mass is 9.77. The smallest absolute Gasteiger partial charge is 0.335 e. The number of carbonyl (C=O) groups is 2. The Balaban J connectivity index is 1.94. The van der Waals surface area contributed by atoms with Crippen LogP contribution in [-0.2, 0) is 21.6 Å². The average molecular weight is 383 g/mol. The summed E-state index contributed by atoms with van der Waals surface area (Å²) in [5, 5.41) is 12.3. The van der Waals surface area contributed by atoms with Gasteiger partial charge in [-0.15, -0.1) is 0 Å². The fourth-order valence-corrected chi connectivity index (χ4v) is 3.93. The van der Waals surface area contributed by atoms with Crippen molar-refractivity contribution in [3.63, 3.8) is 0 Å². The molecule has 2 aromatic rings. The van der Waals surface area contributed by atoms with Crippen LogP contribution in [0.25, 0.3) is 0 Å². The van der Waals surface area contributed by atoms with Crippen molar-refractivity contribution < 1.29 is 24.2 Å².